The summed E-state index contributed by atoms with van der Waals surface area (Å²) in [5, 5.41) is 11.9. The summed E-state index contributed by atoms with van der Waals surface area (Å²) in [7, 11) is 0. The van der Waals surface area contributed by atoms with E-state index >= 15 is 0 Å². The molecule has 25 heavy (non-hydrogen) atoms. The number of nitrogens with one attached hydrogen (secondary N) is 2. The van der Waals surface area contributed by atoms with E-state index in [1.807, 2.05) is 13.1 Å². The molecule has 0 bridgehead atoms. The molecule has 130 valence electrons. The van der Waals surface area contributed by atoms with Crippen molar-refractivity contribution in [1.82, 2.24) is 15.5 Å². The molecular weight excluding hydrogens is 312 g/mol. The summed E-state index contributed by atoms with van der Waals surface area (Å²) in [5.41, 5.74) is 3.69. The number of aromatic amines is 1. The van der Waals surface area contributed by atoms with Crippen molar-refractivity contribution in [3.63, 3.8) is 0 Å². The van der Waals surface area contributed by atoms with Gasteiger partial charge in [0.25, 0.3) is 0 Å². The standard InChI is InChI=1S/C20H24N4O/c1-2-25-19-6-3-15(4-7-19)11-18-14-21-9-10-24(18)17-5-8-20-16(12-17)13-22-23-20/h3-8,12-13,18,21H,2,9-11,14H2,1H3,(H,22,23)/t18-/m0/s1. The molecule has 1 saturated heterocycles. The van der Waals surface area contributed by atoms with E-state index in [0.29, 0.717) is 12.6 Å². The molecule has 0 unspecified atom stereocenters. The van der Waals surface area contributed by atoms with Gasteiger partial charge in [-0.1, -0.05) is 12.1 Å². The fourth-order valence-corrected chi connectivity index (χ4v) is 3.55. The van der Waals surface area contributed by atoms with Gasteiger partial charge in [-0.15, -0.1) is 0 Å². The molecule has 0 saturated carbocycles. The molecule has 5 heteroatoms. The van der Waals surface area contributed by atoms with Gasteiger partial charge in [-0.2, -0.15) is 5.10 Å². The summed E-state index contributed by atoms with van der Waals surface area (Å²) in [6, 6.07) is 15.5. The van der Waals surface area contributed by atoms with Crippen molar-refractivity contribution in [3.8, 4) is 5.75 Å². The second-order valence-electron chi connectivity index (χ2n) is 6.47. The van der Waals surface area contributed by atoms with Crippen LogP contribution in [0, 0.1) is 0 Å². The topological polar surface area (TPSA) is 53.2 Å². The molecule has 4 rings (SSSR count). The zero-order valence-corrected chi connectivity index (χ0v) is 14.5. The van der Waals surface area contributed by atoms with Gasteiger partial charge in [-0.25, -0.2) is 0 Å². The minimum Gasteiger partial charge on any atom is -0.494 e. The quantitative estimate of drug-likeness (QED) is 0.752. The van der Waals surface area contributed by atoms with Crippen LogP contribution < -0.4 is 15.0 Å². The number of aromatic nitrogens is 2. The van der Waals surface area contributed by atoms with Gasteiger partial charge in [0.2, 0.25) is 0 Å². The van der Waals surface area contributed by atoms with Crippen molar-refractivity contribution in [2.24, 2.45) is 0 Å². The maximum absolute atomic E-state index is 5.54. The summed E-state index contributed by atoms with van der Waals surface area (Å²) in [6.07, 6.45) is 2.91. The lowest BCUT2D eigenvalue weighted by molar-refractivity contribution is 0.340. The number of hydrogen-bond donors (Lipinski definition) is 2. The highest BCUT2D eigenvalue weighted by molar-refractivity contribution is 5.82. The van der Waals surface area contributed by atoms with Gasteiger partial charge in [0.05, 0.1) is 18.3 Å². The van der Waals surface area contributed by atoms with Crippen LogP contribution in [0.5, 0.6) is 5.75 Å². The van der Waals surface area contributed by atoms with Gasteiger partial charge >= 0.3 is 0 Å². The van der Waals surface area contributed by atoms with E-state index in [9.17, 15) is 0 Å². The van der Waals surface area contributed by atoms with Crippen LogP contribution in [0.1, 0.15) is 12.5 Å². The Hall–Kier alpha value is -2.53. The van der Waals surface area contributed by atoms with E-state index in [0.717, 1.165) is 42.7 Å². The average Bonchev–Trinajstić information content (AvgIpc) is 3.12. The predicted octanol–water partition coefficient (Wildman–Crippen LogP) is 2.98. The Labute approximate surface area is 148 Å². The van der Waals surface area contributed by atoms with Gasteiger partial charge in [-0.05, 0) is 49.2 Å². The third-order valence-corrected chi connectivity index (χ3v) is 4.81. The lowest BCUT2D eigenvalue weighted by atomic mass is 10.0. The average molecular weight is 336 g/mol. The maximum atomic E-state index is 5.54. The Morgan fingerprint density at radius 2 is 2.08 bits per heavy atom. The van der Waals surface area contributed by atoms with Crippen LogP contribution in [0.15, 0.2) is 48.7 Å². The molecule has 2 heterocycles. The van der Waals surface area contributed by atoms with E-state index in [2.05, 4.69) is 62.9 Å². The third kappa shape index (κ3) is 3.46. The van der Waals surface area contributed by atoms with Crippen LogP contribution in [0.4, 0.5) is 5.69 Å². The molecule has 3 aromatic rings. The van der Waals surface area contributed by atoms with Gasteiger partial charge in [0.15, 0.2) is 0 Å². The first-order valence-corrected chi connectivity index (χ1v) is 8.95. The smallest absolute Gasteiger partial charge is 0.119 e. The fourth-order valence-electron chi connectivity index (χ4n) is 3.55. The minimum atomic E-state index is 0.441. The second-order valence-corrected chi connectivity index (χ2v) is 6.47. The first kappa shape index (κ1) is 16.0. The SMILES string of the molecule is CCOc1ccc(C[C@H]2CNCCN2c2ccc3[nH]ncc3c2)cc1. The van der Waals surface area contributed by atoms with Gasteiger partial charge in [0, 0.05) is 36.7 Å². The van der Waals surface area contributed by atoms with E-state index in [4.69, 9.17) is 4.74 Å². The number of benzene rings is 2. The molecule has 5 nitrogen and oxygen atoms in total. The molecule has 2 N–H and O–H groups in total. The molecular formula is C20H24N4O. The lowest BCUT2D eigenvalue weighted by Crippen LogP contribution is -2.52. The maximum Gasteiger partial charge on any atom is 0.119 e. The van der Waals surface area contributed by atoms with Gasteiger partial charge < -0.3 is 15.0 Å². The highest BCUT2D eigenvalue weighted by atomic mass is 16.5. The second kappa shape index (κ2) is 7.15. The lowest BCUT2D eigenvalue weighted by Gasteiger charge is -2.38. The Balaban J connectivity index is 1.54. The minimum absolute atomic E-state index is 0.441. The molecule has 1 aliphatic rings. The number of piperazine rings is 1. The number of nitrogens with zero attached hydrogens (tertiary/aromatic N) is 2. The van der Waals surface area contributed by atoms with Crippen LogP contribution in [-0.2, 0) is 6.42 Å². The first-order chi connectivity index (χ1) is 12.3. The monoisotopic (exact) mass is 336 g/mol. The molecule has 0 aliphatic carbocycles. The summed E-state index contributed by atoms with van der Waals surface area (Å²) in [6.45, 7) is 5.75. The molecule has 2 aromatic carbocycles. The zero-order valence-electron chi connectivity index (χ0n) is 14.5. The molecule has 0 spiro atoms. The Bertz CT molecular complexity index is 827. The molecule has 1 atom stereocenters. The zero-order chi connectivity index (χ0) is 17.1. The normalized spacial score (nSPS) is 17.8. The van der Waals surface area contributed by atoms with Crippen LogP contribution in [0.2, 0.25) is 0 Å². The molecule has 0 radical (unpaired) electrons. The highest BCUT2D eigenvalue weighted by Gasteiger charge is 2.23. The van der Waals surface area contributed by atoms with Crippen molar-refractivity contribution < 1.29 is 4.74 Å². The van der Waals surface area contributed by atoms with Crippen molar-refractivity contribution in [2.75, 3.05) is 31.1 Å². The Morgan fingerprint density at radius 1 is 1.20 bits per heavy atom. The van der Waals surface area contributed by atoms with Crippen molar-refractivity contribution in [3.05, 3.63) is 54.2 Å². The Kier molecular flexibility index (Phi) is 4.57. The number of hydrogen-bond acceptors (Lipinski definition) is 4. The van der Waals surface area contributed by atoms with Crippen molar-refractivity contribution in [2.45, 2.75) is 19.4 Å². The molecule has 1 aliphatic heterocycles. The van der Waals surface area contributed by atoms with E-state index in [1.165, 1.54) is 11.3 Å². The van der Waals surface area contributed by atoms with Crippen molar-refractivity contribution in [1.29, 1.82) is 0 Å². The first-order valence-electron chi connectivity index (χ1n) is 8.95. The molecule has 1 aromatic heterocycles. The number of H-pyrrole nitrogens is 1. The van der Waals surface area contributed by atoms with Crippen LogP contribution in [0.3, 0.4) is 0 Å². The third-order valence-electron chi connectivity index (χ3n) is 4.81. The number of anilines is 1. The summed E-state index contributed by atoms with van der Waals surface area (Å²) >= 11 is 0. The number of fused-ring (bicyclic) bond motifs is 1. The van der Waals surface area contributed by atoms with Gasteiger partial charge in [-0.3, -0.25) is 5.10 Å². The van der Waals surface area contributed by atoms with Gasteiger partial charge in [0.1, 0.15) is 5.75 Å². The summed E-state index contributed by atoms with van der Waals surface area (Å²) in [4.78, 5) is 2.51. The number of rotatable bonds is 5. The molecule has 1 fully saturated rings. The molecule has 0 amide bonds. The summed E-state index contributed by atoms with van der Waals surface area (Å²) in [5.74, 6) is 0.940. The van der Waals surface area contributed by atoms with Crippen LogP contribution >= 0.6 is 0 Å². The van der Waals surface area contributed by atoms with E-state index < -0.39 is 0 Å². The van der Waals surface area contributed by atoms with Crippen molar-refractivity contribution >= 4 is 16.6 Å². The van der Waals surface area contributed by atoms with Crippen LogP contribution in [-0.4, -0.2) is 42.5 Å². The van der Waals surface area contributed by atoms with E-state index in [1.54, 1.807) is 0 Å². The van der Waals surface area contributed by atoms with E-state index in [-0.39, 0.29) is 0 Å². The fraction of sp³-hybridized carbons (Fsp3) is 0.350. The predicted molar refractivity (Wildman–Crippen MR) is 101 cm³/mol. The largest absolute Gasteiger partial charge is 0.494 e. The summed E-state index contributed by atoms with van der Waals surface area (Å²) < 4.78 is 5.54. The van der Waals surface area contributed by atoms with Crippen LogP contribution in [0.25, 0.3) is 10.9 Å². The highest BCUT2D eigenvalue weighted by Crippen LogP contribution is 2.25. The number of ether oxygens (including phenoxy) is 1. The Morgan fingerprint density at radius 3 is 2.92 bits per heavy atom.